The van der Waals surface area contributed by atoms with Crippen LogP contribution in [0.25, 0.3) is 0 Å². The molecule has 0 aromatic carbocycles. The molecule has 5 heteroatoms. The molecule has 3 nitrogen and oxygen atoms in total. The van der Waals surface area contributed by atoms with Crippen LogP contribution in [0.4, 0.5) is 0 Å². The van der Waals surface area contributed by atoms with Crippen LogP contribution in [0.2, 0.25) is 19.6 Å². The molecule has 0 amide bonds. The summed E-state index contributed by atoms with van der Waals surface area (Å²) in [5.74, 6) is 0. The lowest BCUT2D eigenvalue weighted by Gasteiger charge is -2.25. The summed E-state index contributed by atoms with van der Waals surface area (Å²) in [6.45, 7) is 11.8. The van der Waals surface area contributed by atoms with Crippen LogP contribution >= 0.6 is 7.60 Å². The van der Waals surface area contributed by atoms with Crippen LogP contribution in [-0.4, -0.2) is 21.1 Å². The molecular weight excluding hydrogens is 239 g/mol. The molecule has 0 radical (unpaired) electrons. The Hall–Kier alpha value is 0.367. The Morgan fingerprint density at radius 3 is 2.25 bits per heavy atom. The van der Waals surface area contributed by atoms with Gasteiger partial charge >= 0.3 is 7.60 Å². The van der Waals surface area contributed by atoms with E-state index in [1.807, 2.05) is 26.6 Å². The van der Waals surface area contributed by atoms with Crippen LogP contribution in [0.1, 0.15) is 39.5 Å². The van der Waals surface area contributed by atoms with Gasteiger partial charge in [-0.05, 0) is 33.0 Å². The third-order valence-corrected chi connectivity index (χ3v) is 6.29. The van der Waals surface area contributed by atoms with Gasteiger partial charge in [-0.2, -0.15) is 0 Å². The maximum atomic E-state index is 12.1. The molecule has 0 aromatic heterocycles. The van der Waals surface area contributed by atoms with Gasteiger partial charge in [-0.15, -0.1) is 0 Å². The Bertz CT molecular complexity index is 238. The molecule has 0 bridgehead atoms. The Morgan fingerprint density at radius 2 is 1.81 bits per heavy atom. The van der Waals surface area contributed by atoms with Gasteiger partial charge in [0.25, 0.3) is 0 Å². The van der Waals surface area contributed by atoms with E-state index in [0.29, 0.717) is 0 Å². The van der Waals surface area contributed by atoms with Gasteiger partial charge in [-0.3, -0.25) is 4.57 Å². The van der Waals surface area contributed by atoms with E-state index >= 15 is 0 Å². The Balaban J connectivity index is 4.00. The molecule has 16 heavy (non-hydrogen) atoms. The summed E-state index contributed by atoms with van der Waals surface area (Å²) in [6.07, 6.45) is 4.52. The van der Waals surface area contributed by atoms with Crippen molar-refractivity contribution in [1.29, 1.82) is 0 Å². The zero-order chi connectivity index (χ0) is 12.8. The lowest BCUT2D eigenvalue weighted by atomic mass is 10.1. The molecule has 0 N–H and O–H groups in total. The maximum absolute atomic E-state index is 12.1. The molecule has 2 unspecified atom stereocenters. The molecule has 0 spiro atoms. The minimum absolute atomic E-state index is 0.0266. The molecule has 2 atom stereocenters. The second-order valence-corrected chi connectivity index (χ2v) is 12.1. The van der Waals surface area contributed by atoms with Crippen LogP contribution in [-0.2, 0) is 13.3 Å². The van der Waals surface area contributed by atoms with Crippen molar-refractivity contribution >= 4 is 15.9 Å². The van der Waals surface area contributed by atoms with E-state index in [1.54, 1.807) is 6.66 Å². The van der Waals surface area contributed by atoms with Crippen molar-refractivity contribution in [2.75, 3.05) is 6.66 Å². The second kappa shape index (κ2) is 6.95. The molecule has 0 saturated carbocycles. The molecule has 0 heterocycles. The highest BCUT2D eigenvalue weighted by Crippen LogP contribution is 2.48. The average Bonchev–Trinajstić information content (AvgIpc) is 1.98. The molecule has 0 aliphatic heterocycles. The molecule has 0 saturated heterocycles. The van der Waals surface area contributed by atoms with E-state index in [9.17, 15) is 4.57 Å². The van der Waals surface area contributed by atoms with Crippen molar-refractivity contribution < 1.29 is 13.3 Å². The van der Waals surface area contributed by atoms with E-state index in [2.05, 4.69) is 6.92 Å². The van der Waals surface area contributed by atoms with Crippen molar-refractivity contribution in [2.45, 2.75) is 65.3 Å². The fourth-order valence-electron chi connectivity index (χ4n) is 1.58. The van der Waals surface area contributed by atoms with E-state index in [-0.39, 0.29) is 6.10 Å². The van der Waals surface area contributed by atoms with E-state index < -0.39 is 15.9 Å². The van der Waals surface area contributed by atoms with Gasteiger partial charge in [-0.25, -0.2) is 0 Å². The van der Waals surface area contributed by atoms with Gasteiger partial charge in [0.05, 0.1) is 6.10 Å². The van der Waals surface area contributed by atoms with Gasteiger partial charge in [0, 0.05) is 6.66 Å². The Kier molecular flexibility index (Phi) is 7.11. The topological polar surface area (TPSA) is 35.5 Å². The minimum atomic E-state index is -2.86. The summed E-state index contributed by atoms with van der Waals surface area (Å²) >= 11 is 0. The summed E-state index contributed by atoms with van der Waals surface area (Å²) < 4.78 is 23.2. The lowest BCUT2D eigenvalue weighted by Crippen LogP contribution is -2.24. The number of rotatable bonds is 8. The molecule has 0 fully saturated rings. The van der Waals surface area contributed by atoms with Gasteiger partial charge in [0.15, 0.2) is 8.32 Å². The van der Waals surface area contributed by atoms with Crippen LogP contribution < -0.4 is 0 Å². The quantitative estimate of drug-likeness (QED) is 0.364. The highest BCUT2D eigenvalue weighted by Gasteiger charge is 2.28. The first-order chi connectivity index (χ1) is 7.16. The lowest BCUT2D eigenvalue weighted by molar-refractivity contribution is 0.183. The van der Waals surface area contributed by atoms with E-state index in [4.69, 9.17) is 8.74 Å². The van der Waals surface area contributed by atoms with Crippen molar-refractivity contribution in [3.8, 4) is 0 Å². The summed E-state index contributed by atoms with van der Waals surface area (Å²) in [5.41, 5.74) is 0. The van der Waals surface area contributed by atoms with Crippen LogP contribution in [0, 0.1) is 0 Å². The normalized spacial score (nSPS) is 18.1. The summed E-state index contributed by atoms with van der Waals surface area (Å²) in [5, 5.41) is 0. The first-order valence-corrected chi connectivity index (χ1v) is 11.5. The molecule has 0 aliphatic rings. The average molecular weight is 266 g/mol. The number of hydrogen-bond donors (Lipinski definition) is 0. The highest BCUT2D eigenvalue weighted by atomic mass is 31.2. The van der Waals surface area contributed by atoms with Gasteiger partial charge < -0.3 is 8.74 Å². The van der Waals surface area contributed by atoms with Crippen molar-refractivity contribution in [3.63, 3.8) is 0 Å². The zero-order valence-electron chi connectivity index (χ0n) is 11.6. The first kappa shape index (κ1) is 16.4. The minimum Gasteiger partial charge on any atom is -0.351 e. The smallest absolute Gasteiger partial charge is 0.318 e. The van der Waals surface area contributed by atoms with Crippen molar-refractivity contribution in [2.24, 2.45) is 0 Å². The molecule has 0 rings (SSSR count). The molecule has 98 valence electrons. The van der Waals surface area contributed by atoms with Gasteiger partial charge in [-0.1, -0.05) is 26.2 Å². The Morgan fingerprint density at radius 1 is 1.25 bits per heavy atom. The first-order valence-electron chi connectivity index (χ1n) is 6.13. The fourth-order valence-corrected chi connectivity index (χ4v) is 6.49. The molecule has 0 aromatic rings. The van der Waals surface area contributed by atoms with Crippen molar-refractivity contribution in [3.05, 3.63) is 0 Å². The summed E-state index contributed by atoms with van der Waals surface area (Å²) in [7, 11) is -4.64. The van der Waals surface area contributed by atoms with E-state index in [1.165, 1.54) is 12.8 Å². The number of unbranched alkanes of at least 4 members (excludes halogenated alkanes) is 2. The van der Waals surface area contributed by atoms with Crippen LogP contribution in [0.15, 0.2) is 0 Å². The molecular formula is C11H27O3PSi. The largest absolute Gasteiger partial charge is 0.351 e. The molecule has 0 aliphatic carbocycles. The predicted octanol–water partition coefficient (Wildman–Crippen LogP) is 4.65. The highest BCUT2D eigenvalue weighted by molar-refractivity contribution is 7.54. The maximum Gasteiger partial charge on any atom is 0.318 e. The fraction of sp³-hybridized carbons (Fsp3) is 1.00. The van der Waals surface area contributed by atoms with Crippen molar-refractivity contribution in [1.82, 2.24) is 0 Å². The standard InChI is InChI=1S/C11H27O3PSi/c1-7-8-9-10-11(2)13-15(3,12)14-16(4,5)6/h11H,7-10H2,1-6H3. The SMILES string of the molecule is CCCCCC(C)OP(C)(=O)O[Si](C)(C)C. The van der Waals surface area contributed by atoms with Gasteiger partial charge in [0.1, 0.15) is 0 Å². The second-order valence-electron chi connectivity index (χ2n) is 5.39. The summed E-state index contributed by atoms with van der Waals surface area (Å²) in [6, 6.07) is 0. The van der Waals surface area contributed by atoms with Crippen LogP contribution in [0.5, 0.6) is 0 Å². The number of hydrogen-bond acceptors (Lipinski definition) is 3. The summed E-state index contributed by atoms with van der Waals surface area (Å²) in [4.78, 5) is 0. The monoisotopic (exact) mass is 266 g/mol. The van der Waals surface area contributed by atoms with E-state index in [0.717, 1.165) is 12.8 Å². The predicted molar refractivity (Wildman–Crippen MR) is 72.7 cm³/mol. The Labute approximate surface area is 102 Å². The third-order valence-electron chi connectivity index (χ3n) is 2.03. The van der Waals surface area contributed by atoms with Crippen LogP contribution in [0.3, 0.4) is 0 Å². The third kappa shape index (κ3) is 9.58. The zero-order valence-corrected chi connectivity index (χ0v) is 13.5. The van der Waals surface area contributed by atoms with Gasteiger partial charge in [0.2, 0.25) is 0 Å².